The molecule has 0 aromatic heterocycles. The fourth-order valence-electron chi connectivity index (χ4n) is 2.01. The quantitative estimate of drug-likeness (QED) is 0.796. The molecule has 0 radical (unpaired) electrons. The van der Waals surface area contributed by atoms with Gasteiger partial charge in [0.1, 0.15) is 0 Å². The molecule has 1 rings (SSSR count). The van der Waals surface area contributed by atoms with Crippen molar-refractivity contribution >= 4 is 11.9 Å². The van der Waals surface area contributed by atoms with Crippen molar-refractivity contribution in [3.63, 3.8) is 0 Å². The summed E-state index contributed by atoms with van der Waals surface area (Å²) >= 11 is 0. The Labute approximate surface area is 125 Å². The fraction of sp³-hybridized carbons (Fsp3) is 0.500. The first kappa shape index (κ1) is 17.2. The Balaban J connectivity index is 2.68. The van der Waals surface area contributed by atoms with Crippen LogP contribution in [0.5, 0.6) is 0 Å². The zero-order valence-corrected chi connectivity index (χ0v) is 12.8. The van der Waals surface area contributed by atoms with Gasteiger partial charge in [0.25, 0.3) is 0 Å². The summed E-state index contributed by atoms with van der Waals surface area (Å²) in [5, 5.41) is 8.85. The molecule has 1 amide bonds. The van der Waals surface area contributed by atoms with Gasteiger partial charge < -0.3 is 14.7 Å². The predicted octanol–water partition coefficient (Wildman–Crippen LogP) is 2.06. The topological polar surface area (TPSA) is 66.8 Å². The summed E-state index contributed by atoms with van der Waals surface area (Å²) in [6.45, 7) is 5.90. The van der Waals surface area contributed by atoms with Gasteiger partial charge >= 0.3 is 5.97 Å². The number of hydrogen-bond acceptors (Lipinski definition) is 3. The number of ether oxygens (including phenoxy) is 1. The first-order chi connectivity index (χ1) is 9.93. The van der Waals surface area contributed by atoms with Crippen LogP contribution in [0.3, 0.4) is 0 Å². The van der Waals surface area contributed by atoms with Crippen molar-refractivity contribution in [3.8, 4) is 0 Å². The van der Waals surface area contributed by atoms with Gasteiger partial charge in [-0.1, -0.05) is 26.0 Å². The average molecular weight is 293 g/mol. The van der Waals surface area contributed by atoms with E-state index in [-0.39, 0.29) is 17.9 Å². The molecule has 0 unspecified atom stereocenters. The van der Waals surface area contributed by atoms with Crippen LogP contribution in [0.15, 0.2) is 24.3 Å². The molecule has 116 valence electrons. The van der Waals surface area contributed by atoms with E-state index in [0.717, 1.165) is 5.56 Å². The maximum atomic E-state index is 12.3. The number of amides is 1. The van der Waals surface area contributed by atoms with E-state index in [9.17, 15) is 9.59 Å². The second-order valence-corrected chi connectivity index (χ2v) is 5.41. The Morgan fingerprint density at radius 3 is 2.33 bits per heavy atom. The lowest BCUT2D eigenvalue weighted by molar-refractivity contribution is -0.131. The van der Waals surface area contributed by atoms with Crippen molar-refractivity contribution in [3.05, 3.63) is 35.4 Å². The third-order valence-electron chi connectivity index (χ3n) is 3.06. The third-order valence-corrected chi connectivity index (χ3v) is 3.06. The van der Waals surface area contributed by atoms with Crippen molar-refractivity contribution in [1.29, 1.82) is 0 Å². The molecule has 0 saturated heterocycles. The molecule has 0 atom stereocenters. The SMILES string of the molecule is COCCN(CC(C)C)C(=O)Cc1ccc(C(=O)O)cc1. The number of aromatic carboxylic acids is 1. The van der Waals surface area contributed by atoms with Crippen molar-refractivity contribution in [2.75, 3.05) is 26.8 Å². The first-order valence-corrected chi connectivity index (χ1v) is 7.03. The normalized spacial score (nSPS) is 10.7. The fourth-order valence-corrected chi connectivity index (χ4v) is 2.01. The maximum absolute atomic E-state index is 12.3. The average Bonchev–Trinajstić information content (AvgIpc) is 2.43. The minimum atomic E-state index is -0.964. The van der Waals surface area contributed by atoms with Crippen LogP contribution in [0, 0.1) is 5.92 Å². The van der Waals surface area contributed by atoms with Crippen molar-refractivity contribution in [1.82, 2.24) is 4.90 Å². The van der Waals surface area contributed by atoms with E-state index < -0.39 is 5.97 Å². The summed E-state index contributed by atoms with van der Waals surface area (Å²) < 4.78 is 5.04. The van der Waals surface area contributed by atoms with Crippen LogP contribution in [0.25, 0.3) is 0 Å². The largest absolute Gasteiger partial charge is 0.478 e. The Hall–Kier alpha value is -1.88. The molecule has 5 nitrogen and oxygen atoms in total. The lowest BCUT2D eigenvalue weighted by atomic mass is 10.1. The highest BCUT2D eigenvalue weighted by Crippen LogP contribution is 2.08. The van der Waals surface area contributed by atoms with Crippen LogP contribution in [-0.2, 0) is 16.0 Å². The van der Waals surface area contributed by atoms with E-state index in [0.29, 0.717) is 25.6 Å². The summed E-state index contributed by atoms with van der Waals surface area (Å²) in [6, 6.07) is 6.41. The Morgan fingerprint density at radius 2 is 1.86 bits per heavy atom. The van der Waals surface area contributed by atoms with E-state index in [1.165, 1.54) is 12.1 Å². The minimum Gasteiger partial charge on any atom is -0.478 e. The molecule has 1 N–H and O–H groups in total. The number of carboxylic acids is 1. The zero-order valence-electron chi connectivity index (χ0n) is 12.8. The number of nitrogens with zero attached hydrogens (tertiary/aromatic N) is 1. The predicted molar refractivity (Wildman–Crippen MR) is 80.4 cm³/mol. The molecule has 1 aromatic rings. The third kappa shape index (κ3) is 5.95. The number of carboxylic acid groups (broad SMARTS) is 1. The summed E-state index contributed by atoms with van der Waals surface area (Å²) in [5.41, 5.74) is 1.04. The second-order valence-electron chi connectivity index (χ2n) is 5.41. The highest BCUT2D eigenvalue weighted by molar-refractivity contribution is 5.87. The van der Waals surface area contributed by atoms with Crippen LogP contribution in [-0.4, -0.2) is 48.7 Å². The van der Waals surface area contributed by atoms with Crippen LogP contribution < -0.4 is 0 Å². The van der Waals surface area contributed by atoms with Crippen LogP contribution in [0.4, 0.5) is 0 Å². The molecule has 0 heterocycles. The van der Waals surface area contributed by atoms with E-state index in [4.69, 9.17) is 9.84 Å². The molecule has 0 aliphatic heterocycles. The van der Waals surface area contributed by atoms with Gasteiger partial charge in [0, 0.05) is 20.2 Å². The maximum Gasteiger partial charge on any atom is 0.335 e. The molecular formula is C16H23NO4. The van der Waals surface area contributed by atoms with Crippen LogP contribution >= 0.6 is 0 Å². The van der Waals surface area contributed by atoms with E-state index in [1.54, 1.807) is 24.1 Å². The van der Waals surface area contributed by atoms with Crippen LogP contribution in [0.1, 0.15) is 29.8 Å². The van der Waals surface area contributed by atoms with Gasteiger partial charge in [-0.2, -0.15) is 0 Å². The lowest BCUT2D eigenvalue weighted by Crippen LogP contribution is -2.37. The molecule has 1 aromatic carbocycles. The number of carbonyl (C=O) groups is 2. The van der Waals surface area contributed by atoms with Crippen molar-refractivity contribution in [2.24, 2.45) is 5.92 Å². The van der Waals surface area contributed by atoms with Gasteiger partial charge in [0.2, 0.25) is 5.91 Å². The van der Waals surface area contributed by atoms with Crippen molar-refractivity contribution in [2.45, 2.75) is 20.3 Å². The van der Waals surface area contributed by atoms with E-state index in [1.807, 2.05) is 0 Å². The summed E-state index contributed by atoms with van der Waals surface area (Å²) in [5.74, 6) is -0.543. The zero-order chi connectivity index (χ0) is 15.8. The molecule has 0 aliphatic carbocycles. The monoisotopic (exact) mass is 293 g/mol. The number of carbonyl (C=O) groups excluding carboxylic acids is 1. The molecule has 5 heteroatoms. The lowest BCUT2D eigenvalue weighted by Gasteiger charge is -2.24. The molecule has 0 spiro atoms. The minimum absolute atomic E-state index is 0.0313. The number of rotatable bonds is 8. The Morgan fingerprint density at radius 1 is 1.24 bits per heavy atom. The number of benzene rings is 1. The highest BCUT2D eigenvalue weighted by Gasteiger charge is 2.15. The van der Waals surface area contributed by atoms with Crippen molar-refractivity contribution < 1.29 is 19.4 Å². The van der Waals surface area contributed by atoms with Gasteiger partial charge in [0.15, 0.2) is 0 Å². The molecule has 21 heavy (non-hydrogen) atoms. The van der Waals surface area contributed by atoms with E-state index in [2.05, 4.69) is 13.8 Å². The second kappa shape index (κ2) is 8.42. The molecular weight excluding hydrogens is 270 g/mol. The van der Waals surface area contributed by atoms with Gasteiger partial charge in [-0.3, -0.25) is 4.79 Å². The van der Waals surface area contributed by atoms with Gasteiger partial charge in [-0.25, -0.2) is 4.79 Å². The van der Waals surface area contributed by atoms with Crippen LogP contribution in [0.2, 0.25) is 0 Å². The molecule has 0 aliphatic rings. The van der Waals surface area contributed by atoms with Gasteiger partial charge in [-0.15, -0.1) is 0 Å². The summed E-state index contributed by atoms with van der Waals surface area (Å²) in [6.07, 6.45) is 0.274. The summed E-state index contributed by atoms with van der Waals surface area (Å²) in [4.78, 5) is 24.9. The number of methoxy groups -OCH3 is 1. The highest BCUT2D eigenvalue weighted by atomic mass is 16.5. The first-order valence-electron chi connectivity index (χ1n) is 7.03. The molecule has 0 bridgehead atoms. The smallest absolute Gasteiger partial charge is 0.335 e. The Bertz CT molecular complexity index is 468. The number of hydrogen-bond donors (Lipinski definition) is 1. The standard InChI is InChI=1S/C16H23NO4/c1-12(2)11-17(8-9-21-3)15(18)10-13-4-6-14(7-5-13)16(19)20/h4-7,12H,8-11H2,1-3H3,(H,19,20). The van der Waals surface area contributed by atoms with Gasteiger partial charge in [-0.05, 0) is 23.6 Å². The molecule has 0 fully saturated rings. The van der Waals surface area contributed by atoms with E-state index >= 15 is 0 Å². The summed E-state index contributed by atoms with van der Waals surface area (Å²) in [7, 11) is 1.61. The Kier molecular flexibility index (Phi) is 6.88. The molecule has 0 saturated carbocycles. The van der Waals surface area contributed by atoms with Gasteiger partial charge in [0.05, 0.1) is 18.6 Å².